The van der Waals surface area contributed by atoms with Gasteiger partial charge in [0.2, 0.25) is 11.8 Å². The molecule has 0 aromatic heterocycles. The Labute approximate surface area is 160 Å². The van der Waals surface area contributed by atoms with E-state index in [1.165, 1.54) is 5.56 Å². The van der Waals surface area contributed by atoms with E-state index < -0.39 is 0 Å². The average Bonchev–Trinajstić information content (AvgIpc) is 3.41. The van der Waals surface area contributed by atoms with Gasteiger partial charge >= 0.3 is 0 Å². The van der Waals surface area contributed by atoms with E-state index in [-0.39, 0.29) is 24.9 Å². The van der Waals surface area contributed by atoms with Crippen LogP contribution in [0.15, 0.2) is 24.3 Å². The summed E-state index contributed by atoms with van der Waals surface area (Å²) < 4.78 is 0. The van der Waals surface area contributed by atoms with Crippen LogP contribution in [-0.4, -0.2) is 78.9 Å². The number of nitrogens with zero attached hydrogens (tertiary/aromatic N) is 3. The van der Waals surface area contributed by atoms with Crippen molar-refractivity contribution in [2.75, 3.05) is 46.3 Å². The van der Waals surface area contributed by atoms with Crippen molar-refractivity contribution in [1.29, 1.82) is 0 Å². The molecule has 2 amide bonds. The predicted molar refractivity (Wildman–Crippen MR) is 102 cm³/mol. The molecular weight excluding hydrogens is 352 g/mol. The van der Waals surface area contributed by atoms with Crippen molar-refractivity contribution >= 4 is 23.4 Å². The molecule has 1 aromatic carbocycles. The van der Waals surface area contributed by atoms with E-state index in [4.69, 9.17) is 11.6 Å². The average molecular weight is 379 g/mol. The summed E-state index contributed by atoms with van der Waals surface area (Å²) in [5, 5.41) is 3.70. The number of nitrogens with one attached hydrogen (secondary N) is 1. The number of carbonyl (C=O) groups is 2. The maximum atomic E-state index is 12.4. The third-order valence-electron chi connectivity index (χ3n) is 4.81. The number of piperazine rings is 1. The fourth-order valence-corrected chi connectivity index (χ4v) is 3.26. The van der Waals surface area contributed by atoms with Crippen molar-refractivity contribution in [3.63, 3.8) is 0 Å². The Balaban J connectivity index is 1.37. The first kappa shape index (κ1) is 19.1. The van der Waals surface area contributed by atoms with E-state index >= 15 is 0 Å². The molecule has 26 heavy (non-hydrogen) atoms. The van der Waals surface area contributed by atoms with Crippen molar-refractivity contribution < 1.29 is 9.59 Å². The van der Waals surface area contributed by atoms with Crippen LogP contribution >= 0.6 is 11.6 Å². The lowest BCUT2D eigenvalue weighted by molar-refractivity contribution is -0.134. The third-order valence-corrected chi connectivity index (χ3v) is 5.06. The molecule has 1 aromatic rings. The molecule has 1 saturated heterocycles. The van der Waals surface area contributed by atoms with Crippen LogP contribution in [-0.2, 0) is 16.1 Å². The molecule has 3 rings (SSSR count). The Morgan fingerprint density at radius 2 is 1.77 bits per heavy atom. The molecule has 0 spiro atoms. The monoisotopic (exact) mass is 378 g/mol. The van der Waals surface area contributed by atoms with Crippen LogP contribution in [0.25, 0.3) is 0 Å². The number of benzene rings is 1. The molecule has 2 aliphatic rings. The summed E-state index contributed by atoms with van der Waals surface area (Å²) in [7, 11) is 1.82. The van der Waals surface area contributed by atoms with Crippen molar-refractivity contribution in [3.05, 3.63) is 34.9 Å². The summed E-state index contributed by atoms with van der Waals surface area (Å²) >= 11 is 5.92. The molecule has 1 N–H and O–H groups in total. The van der Waals surface area contributed by atoms with E-state index in [1.54, 1.807) is 4.90 Å². The van der Waals surface area contributed by atoms with Crippen LogP contribution in [0, 0.1) is 0 Å². The van der Waals surface area contributed by atoms with E-state index in [9.17, 15) is 9.59 Å². The fraction of sp³-hybridized carbons (Fsp3) is 0.579. The van der Waals surface area contributed by atoms with Crippen LogP contribution in [0.5, 0.6) is 0 Å². The molecule has 0 atom stereocenters. The summed E-state index contributed by atoms with van der Waals surface area (Å²) in [5.74, 6) is 0.105. The molecule has 6 nitrogen and oxygen atoms in total. The Kier molecular flexibility index (Phi) is 6.51. The highest BCUT2D eigenvalue weighted by Crippen LogP contribution is 2.18. The number of hydrogen-bond acceptors (Lipinski definition) is 4. The first-order valence-electron chi connectivity index (χ1n) is 9.22. The first-order valence-corrected chi connectivity index (χ1v) is 9.60. The quantitative estimate of drug-likeness (QED) is 0.774. The Bertz CT molecular complexity index is 625. The number of carbonyl (C=O) groups excluding carboxylic acids is 2. The lowest BCUT2D eigenvalue weighted by Gasteiger charge is -2.35. The van der Waals surface area contributed by atoms with Gasteiger partial charge in [0.15, 0.2) is 0 Å². The lowest BCUT2D eigenvalue weighted by atomic mass is 10.2. The van der Waals surface area contributed by atoms with Gasteiger partial charge in [-0.1, -0.05) is 23.7 Å². The second kappa shape index (κ2) is 8.84. The summed E-state index contributed by atoms with van der Waals surface area (Å²) in [4.78, 5) is 30.3. The Morgan fingerprint density at radius 1 is 1.12 bits per heavy atom. The molecule has 1 aliphatic heterocycles. The van der Waals surface area contributed by atoms with Gasteiger partial charge in [-0.3, -0.25) is 19.4 Å². The van der Waals surface area contributed by atoms with E-state index in [0.717, 1.165) is 50.6 Å². The van der Waals surface area contributed by atoms with Crippen LogP contribution in [0.3, 0.4) is 0 Å². The lowest BCUT2D eigenvalue weighted by Crippen LogP contribution is -2.51. The number of likely N-dealkylation sites (N-methyl/N-ethyl adjacent to an activating group) is 1. The maximum absolute atomic E-state index is 12.4. The van der Waals surface area contributed by atoms with E-state index in [1.807, 2.05) is 36.2 Å². The zero-order valence-electron chi connectivity index (χ0n) is 15.3. The molecule has 0 radical (unpaired) electrons. The van der Waals surface area contributed by atoms with Gasteiger partial charge in [-0.15, -0.1) is 0 Å². The zero-order chi connectivity index (χ0) is 18.5. The molecule has 0 unspecified atom stereocenters. The molecule has 1 saturated carbocycles. The van der Waals surface area contributed by atoms with E-state index in [2.05, 4.69) is 10.2 Å². The van der Waals surface area contributed by atoms with Crippen molar-refractivity contribution in [3.8, 4) is 0 Å². The van der Waals surface area contributed by atoms with Crippen LogP contribution < -0.4 is 5.32 Å². The topological polar surface area (TPSA) is 55.9 Å². The van der Waals surface area contributed by atoms with Gasteiger partial charge in [0, 0.05) is 43.8 Å². The van der Waals surface area contributed by atoms with Gasteiger partial charge < -0.3 is 10.2 Å². The smallest absolute Gasteiger partial charge is 0.236 e. The normalized spacial score (nSPS) is 18.2. The number of halogens is 1. The summed E-state index contributed by atoms with van der Waals surface area (Å²) in [6.07, 6.45) is 2.16. The minimum atomic E-state index is 0.00980. The van der Waals surface area contributed by atoms with Gasteiger partial charge in [-0.2, -0.15) is 0 Å². The second-order valence-electron chi connectivity index (χ2n) is 7.30. The molecular formula is C19H27ClN4O2. The number of rotatable bonds is 7. The predicted octanol–water partition coefficient (Wildman–Crippen LogP) is 1.19. The fourth-order valence-electron chi connectivity index (χ4n) is 3.14. The number of hydrogen-bond donors (Lipinski definition) is 1. The Morgan fingerprint density at radius 3 is 2.38 bits per heavy atom. The highest BCUT2D eigenvalue weighted by atomic mass is 35.5. The SMILES string of the molecule is CN(CC(=O)NC1CC1)CC(=O)N1CCN(Cc2ccc(Cl)cc2)CC1. The minimum absolute atomic E-state index is 0.00980. The van der Waals surface area contributed by atoms with Gasteiger partial charge in [-0.05, 0) is 37.6 Å². The van der Waals surface area contributed by atoms with Gasteiger partial charge in [0.1, 0.15) is 0 Å². The highest BCUT2D eigenvalue weighted by Gasteiger charge is 2.25. The third kappa shape index (κ3) is 5.97. The summed E-state index contributed by atoms with van der Waals surface area (Å²) in [6.45, 7) is 4.62. The highest BCUT2D eigenvalue weighted by molar-refractivity contribution is 6.30. The summed E-state index contributed by atoms with van der Waals surface area (Å²) in [5.41, 5.74) is 1.23. The molecule has 142 valence electrons. The van der Waals surface area contributed by atoms with Crippen LogP contribution in [0.1, 0.15) is 18.4 Å². The van der Waals surface area contributed by atoms with Gasteiger partial charge in [0.25, 0.3) is 0 Å². The molecule has 1 aliphatic carbocycles. The second-order valence-corrected chi connectivity index (χ2v) is 7.73. The number of amides is 2. The zero-order valence-corrected chi connectivity index (χ0v) is 16.0. The Hall–Kier alpha value is -1.63. The van der Waals surface area contributed by atoms with Crippen molar-refractivity contribution in [2.24, 2.45) is 0 Å². The van der Waals surface area contributed by atoms with Gasteiger partial charge in [-0.25, -0.2) is 0 Å². The molecule has 1 heterocycles. The molecule has 2 fully saturated rings. The molecule has 7 heteroatoms. The van der Waals surface area contributed by atoms with E-state index in [0.29, 0.717) is 6.04 Å². The minimum Gasteiger partial charge on any atom is -0.352 e. The molecule has 0 bridgehead atoms. The van der Waals surface area contributed by atoms with Gasteiger partial charge in [0.05, 0.1) is 13.1 Å². The van der Waals surface area contributed by atoms with Crippen molar-refractivity contribution in [1.82, 2.24) is 20.0 Å². The largest absolute Gasteiger partial charge is 0.352 e. The van der Waals surface area contributed by atoms with Crippen LogP contribution in [0.2, 0.25) is 5.02 Å². The standard InChI is InChI=1S/C19H27ClN4O2/c1-22(13-18(25)21-17-6-7-17)14-19(26)24-10-8-23(9-11-24)12-15-2-4-16(20)5-3-15/h2-5,17H,6-14H2,1H3,(H,21,25). The maximum Gasteiger partial charge on any atom is 0.236 e. The van der Waals surface area contributed by atoms with Crippen LogP contribution in [0.4, 0.5) is 0 Å². The van der Waals surface area contributed by atoms with Crippen molar-refractivity contribution in [2.45, 2.75) is 25.4 Å². The first-order chi connectivity index (χ1) is 12.5. The summed E-state index contributed by atoms with van der Waals surface area (Å²) in [6, 6.07) is 8.26.